The van der Waals surface area contributed by atoms with Crippen molar-refractivity contribution in [1.29, 1.82) is 0 Å². The number of pyridine rings is 1. The van der Waals surface area contributed by atoms with E-state index in [4.69, 9.17) is 15.6 Å². The van der Waals surface area contributed by atoms with E-state index in [0.29, 0.717) is 37.1 Å². The van der Waals surface area contributed by atoms with Crippen LogP contribution in [0.3, 0.4) is 0 Å². The summed E-state index contributed by atoms with van der Waals surface area (Å²) in [5.41, 5.74) is 6.48. The molecule has 0 atom stereocenters. The molecule has 10 heteroatoms. The number of carboxylic acid groups (broad SMARTS) is 1. The van der Waals surface area contributed by atoms with Crippen molar-refractivity contribution in [2.24, 2.45) is 5.73 Å². The predicted octanol–water partition coefficient (Wildman–Crippen LogP) is 0.420. The van der Waals surface area contributed by atoms with Gasteiger partial charge in [0.05, 0.1) is 31.2 Å². The molecule has 10 nitrogen and oxygen atoms in total. The maximum atomic E-state index is 12.9. The van der Waals surface area contributed by atoms with Crippen LogP contribution in [-0.4, -0.2) is 76.9 Å². The summed E-state index contributed by atoms with van der Waals surface area (Å²) >= 11 is 0. The Balaban J connectivity index is 1.74. The number of amides is 3. The summed E-state index contributed by atoms with van der Waals surface area (Å²) in [6.45, 7) is 1.27. The molecule has 3 amide bonds. The average Bonchev–Trinajstić information content (AvgIpc) is 2.76. The topological polar surface area (TPSA) is 143 Å². The van der Waals surface area contributed by atoms with Crippen molar-refractivity contribution in [2.45, 2.75) is 19.3 Å². The standard InChI is InChI=1S/C21H24N4O6/c1-31-20-13-4-2-3-5-14(13)23-15(19(20)21(22)30)12-17(27)25-10-8-24(9-11-25)16(26)6-7-18(28)29/h2-5H,6-12H2,1H3,(H2,22,30)(H,28,29). The van der Waals surface area contributed by atoms with Crippen LogP contribution in [0.2, 0.25) is 0 Å². The zero-order valence-corrected chi connectivity index (χ0v) is 17.2. The molecule has 1 aliphatic heterocycles. The number of aliphatic carboxylic acids is 1. The molecule has 1 fully saturated rings. The van der Waals surface area contributed by atoms with Gasteiger partial charge in [-0.25, -0.2) is 0 Å². The third kappa shape index (κ3) is 4.90. The molecule has 0 bridgehead atoms. The number of ether oxygens (including phenoxy) is 1. The lowest BCUT2D eigenvalue weighted by molar-refractivity contribution is -0.142. The van der Waals surface area contributed by atoms with Crippen molar-refractivity contribution in [2.75, 3.05) is 33.3 Å². The zero-order valence-electron chi connectivity index (χ0n) is 17.2. The lowest BCUT2D eigenvalue weighted by Crippen LogP contribution is -2.51. The predicted molar refractivity (Wildman–Crippen MR) is 111 cm³/mol. The van der Waals surface area contributed by atoms with E-state index in [1.165, 1.54) is 7.11 Å². The Morgan fingerprint density at radius 2 is 1.65 bits per heavy atom. The van der Waals surface area contributed by atoms with Crippen LogP contribution in [0.5, 0.6) is 5.75 Å². The SMILES string of the molecule is COc1c(C(N)=O)c(CC(=O)N2CCN(C(=O)CCC(=O)O)CC2)nc2ccccc12. The van der Waals surface area contributed by atoms with Crippen molar-refractivity contribution >= 4 is 34.6 Å². The van der Waals surface area contributed by atoms with Gasteiger partial charge in [0.1, 0.15) is 11.3 Å². The van der Waals surface area contributed by atoms with Crippen LogP contribution in [0.4, 0.5) is 0 Å². The Morgan fingerprint density at radius 1 is 1.03 bits per heavy atom. The number of para-hydroxylation sites is 1. The number of benzene rings is 1. The highest BCUT2D eigenvalue weighted by atomic mass is 16.5. The fourth-order valence-electron chi connectivity index (χ4n) is 3.66. The van der Waals surface area contributed by atoms with Crippen molar-refractivity contribution in [3.63, 3.8) is 0 Å². The van der Waals surface area contributed by atoms with Crippen molar-refractivity contribution in [3.8, 4) is 5.75 Å². The summed E-state index contributed by atoms with van der Waals surface area (Å²) < 4.78 is 5.42. The second-order valence-corrected chi connectivity index (χ2v) is 7.18. The highest BCUT2D eigenvalue weighted by molar-refractivity contribution is 6.03. The normalized spacial score (nSPS) is 13.8. The summed E-state index contributed by atoms with van der Waals surface area (Å²) in [6.07, 6.45) is -0.415. The van der Waals surface area contributed by atoms with Crippen LogP contribution in [0, 0.1) is 0 Å². The largest absolute Gasteiger partial charge is 0.495 e. The minimum atomic E-state index is -1.02. The molecule has 164 valence electrons. The van der Waals surface area contributed by atoms with Gasteiger partial charge in [-0.2, -0.15) is 0 Å². The number of hydrogen-bond acceptors (Lipinski definition) is 6. The number of methoxy groups -OCH3 is 1. The Morgan fingerprint density at radius 3 is 2.23 bits per heavy atom. The van der Waals surface area contributed by atoms with Crippen LogP contribution >= 0.6 is 0 Å². The number of primary amides is 1. The van der Waals surface area contributed by atoms with Crippen LogP contribution in [0.15, 0.2) is 24.3 Å². The molecule has 0 radical (unpaired) electrons. The molecule has 0 saturated carbocycles. The molecule has 2 aromatic rings. The van der Waals surface area contributed by atoms with Gasteiger partial charge in [0.15, 0.2) is 0 Å². The minimum absolute atomic E-state index is 0.0634. The first-order chi connectivity index (χ1) is 14.8. The van der Waals surface area contributed by atoms with E-state index < -0.39 is 11.9 Å². The van der Waals surface area contributed by atoms with Crippen LogP contribution in [0.1, 0.15) is 28.9 Å². The number of aromatic nitrogens is 1. The van der Waals surface area contributed by atoms with Crippen molar-refractivity contribution in [3.05, 3.63) is 35.5 Å². The summed E-state index contributed by atoms with van der Waals surface area (Å²) in [4.78, 5) is 55.3. The number of carbonyl (C=O) groups is 4. The molecule has 1 aromatic carbocycles. The molecule has 0 spiro atoms. The van der Waals surface area contributed by atoms with Crippen molar-refractivity contribution in [1.82, 2.24) is 14.8 Å². The number of nitrogens with zero attached hydrogens (tertiary/aromatic N) is 3. The third-order valence-electron chi connectivity index (χ3n) is 5.23. The first kappa shape index (κ1) is 22.0. The number of fused-ring (bicyclic) bond motifs is 1. The lowest BCUT2D eigenvalue weighted by atomic mass is 10.0. The summed E-state index contributed by atoms with van der Waals surface area (Å²) in [6, 6.07) is 7.11. The zero-order chi connectivity index (χ0) is 22.5. The Bertz CT molecular complexity index is 1030. The van der Waals surface area contributed by atoms with Gasteiger partial charge in [-0.1, -0.05) is 12.1 Å². The van der Waals surface area contributed by atoms with E-state index in [1.807, 2.05) is 0 Å². The minimum Gasteiger partial charge on any atom is -0.495 e. The molecule has 1 aromatic heterocycles. The molecular weight excluding hydrogens is 404 g/mol. The van der Waals surface area contributed by atoms with Crippen LogP contribution in [0.25, 0.3) is 10.9 Å². The van der Waals surface area contributed by atoms with E-state index in [0.717, 1.165) is 0 Å². The van der Waals surface area contributed by atoms with E-state index >= 15 is 0 Å². The molecule has 0 aliphatic carbocycles. The van der Waals surface area contributed by atoms with E-state index in [1.54, 1.807) is 34.1 Å². The van der Waals surface area contributed by atoms with Gasteiger partial charge in [0, 0.05) is 38.0 Å². The molecule has 3 rings (SSSR count). The monoisotopic (exact) mass is 428 g/mol. The first-order valence-electron chi connectivity index (χ1n) is 9.84. The Kier molecular flexibility index (Phi) is 6.68. The van der Waals surface area contributed by atoms with Crippen LogP contribution in [-0.2, 0) is 20.8 Å². The quantitative estimate of drug-likeness (QED) is 0.650. The molecular formula is C21H24N4O6. The number of carboxylic acids is 1. The van der Waals surface area contributed by atoms with Crippen LogP contribution < -0.4 is 10.5 Å². The highest BCUT2D eigenvalue weighted by Gasteiger charge is 2.27. The molecule has 1 aliphatic rings. The first-order valence-corrected chi connectivity index (χ1v) is 9.84. The lowest BCUT2D eigenvalue weighted by Gasteiger charge is -2.35. The molecule has 31 heavy (non-hydrogen) atoms. The maximum Gasteiger partial charge on any atom is 0.303 e. The Hall–Kier alpha value is -3.69. The fourth-order valence-corrected chi connectivity index (χ4v) is 3.66. The molecule has 1 saturated heterocycles. The summed E-state index contributed by atoms with van der Waals surface area (Å²) in [7, 11) is 1.43. The van der Waals surface area contributed by atoms with Gasteiger partial charge in [0.25, 0.3) is 5.91 Å². The number of nitrogens with two attached hydrogens (primary N) is 1. The van der Waals surface area contributed by atoms with Gasteiger partial charge < -0.3 is 25.4 Å². The summed E-state index contributed by atoms with van der Waals surface area (Å²) in [5.74, 6) is -1.95. The molecule has 3 N–H and O–H groups in total. The second-order valence-electron chi connectivity index (χ2n) is 7.18. The van der Waals surface area contributed by atoms with Gasteiger partial charge >= 0.3 is 5.97 Å². The third-order valence-corrected chi connectivity index (χ3v) is 5.23. The van der Waals surface area contributed by atoms with Gasteiger partial charge in [-0.15, -0.1) is 0 Å². The maximum absolute atomic E-state index is 12.9. The average molecular weight is 428 g/mol. The Labute approximate surface area is 178 Å². The number of carbonyl (C=O) groups excluding carboxylic acids is 3. The molecule has 0 unspecified atom stereocenters. The number of piperazine rings is 1. The van der Waals surface area contributed by atoms with Gasteiger partial charge in [0.2, 0.25) is 11.8 Å². The van der Waals surface area contributed by atoms with E-state index in [9.17, 15) is 19.2 Å². The second kappa shape index (κ2) is 9.41. The van der Waals surface area contributed by atoms with Gasteiger partial charge in [-0.05, 0) is 12.1 Å². The number of hydrogen-bond donors (Lipinski definition) is 2. The molecule has 2 heterocycles. The smallest absolute Gasteiger partial charge is 0.303 e. The fraction of sp³-hybridized carbons (Fsp3) is 0.381. The van der Waals surface area contributed by atoms with Gasteiger partial charge in [-0.3, -0.25) is 24.2 Å². The number of rotatable bonds is 7. The summed E-state index contributed by atoms with van der Waals surface area (Å²) in [5, 5.41) is 9.34. The van der Waals surface area contributed by atoms with E-state index in [-0.39, 0.29) is 48.1 Å². The van der Waals surface area contributed by atoms with Crippen molar-refractivity contribution < 1.29 is 29.0 Å². The highest BCUT2D eigenvalue weighted by Crippen LogP contribution is 2.31. The van der Waals surface area contributed by atoms with E-state index in [2.05, 4.69) is 4.98 Å².